The molecule has 7 heteroatoms. The SMILES string of the molecule is O=C(O)c1cccc([C@H]2O[C@H](CO)[C@@H](O)[C@H](O)[C@H]2O)c1. The van der Waals surface area contributed by atoms with Gasteiger partial charge >= 0.3 is 5.97 Å². The van der Waals surface area contributed by atoms with Crippen molar-refractivity contribution in [1.82, 2.24) is 0 Å². The van der Waals surface area contributed by atoms with Crippen LogP contribution >= 0.6 is 0 Å². The van der Waals surface area contributed by atoms with E-state index in [0.29, 0.717) is 5.56 Å². The lowest BCUT2D eigenvalue weighted by molar-refractivity contribution is -0.231. The predicted molar refractivity (Wildman–Crippen MR) is 66.1 cm³/mol. The van der Waals surface area contributed by atoms with E-state index in [1.807, 2.05) is 0 Å². The van der Waals surface area contributed by atoms with Gasteiger partial charge in [0.2, 0.25) is 0 Å². The first-order chi connectivity index (χ1) is 9.45. The summed E-state index contributed by atoms with van der Waals surface area (Å²) in [5, 5.41) is 47.4. The largest absolute Gasteiger partial charge is 0.478 e. The third-order valence-electron chi connectivity index (χ3n) is 3.35. The van der Waals surface area contributed by atoms with Gasteiger partial charge in [0.1, 0.15) is 30.5 Å². The van der Waals surface area contributed by atoms with E-state index in [4.69, 9.17) is 14.9 Å². The molecule has 0 saturated carbocycles. The summed E-state index contributed by atoms with van der Waals surface area (Å²) in [5.41, 5.74) is 0.362. The zero-order chi connectivity index (χ0) is 14.9. The monoisotopic (exact) mass is 284 g/mol. The zero-order valence-corrected chi connectivity index (χ0v) is 10.5. The Hall–Kier alpha value is -1.51. The standard InChI is InChI=1S/C13H16O7/c14-5-8-9(15)10(16)11(17)12(20-8)6-2-1-3-7(4-6)13(18)19/h1-4,8-12,14-17H,5H2,(H,18,19)/t8-,9-,10+,11-,12-/m1/s1. The highest BCUT2D eigenvalue weighted by molar-refractivity contribution is 5.87. The van der Waals surface area contributed by atoms with Crippen LogP contribution in [-0.2, 0) is 4.74 Å². The van der Waals surface area contributed by atoms with E-state index < -0.39 is 43.1 Å². The highest BCUT2D eigenvalue weighted by atomic mass is 16.5. The highest BCUT2D eigenvalue weighted by Crippen LogP contribution is 2.32. The van der Waals surface area contributed by atoms with Crippen molar-refractivity contribution >= 4 is 5.97 Å². The first kappa shape index (κ1) is 14.9. The number of hydrogen-bond acceptors (Lipinski definition) is 6. The maximum absolute atomic E-state index is 10.9. The molecule has 1 saturated heterocycles. The van der Waals surface area contributed by atoms with Gasteiger partial charge in [-0.05, 0) is 17.7 Å². The van der Waals surface area contributed by atoms with Crippen molar-refractivity contribution in [3.8, 4) is 0 Å². The molecule has 1 aliphatic rings. The summed E-state index contributed by atoms with van der Waals surface area (Å²) < 4.78 is 5.35. The number of aliphatic hydroxyl groups excluding tert-OH is 4. The van der Waals surface area contributed by atoms with Crippen molar-refractivity contribution in [3.05, 3.63) is 35.4 Å². The minimum absolute atomic E-state index is 0.0134. The van der Waals surface area contributed by atoms with Gasteiger partial charge in [0, 0.05) is 0 Å². The summed E-state index contributed by atoms with van der Waals surface area (Å²) in [6.45, 7) is -0.528. The molecule has 1 aromatic carbocycles. The molecular formula is C13H16O7. The van der Waals surface area contributed by atoms with E-state index in [1.54, 1.807) is 6.07 Å². The molecule has 0 aromatic heterocycles. The van der Waals surface area contributed by atoms with Crippen molar-refractivity contribution in [2.45, 2.75) is 30.5 Å². The molecule has 5 atom stereocenters. The molecule has 0 amide bonds. The molecule has 1 aliphatic heterocycles. The lowest BCUT2D eigenvalue weighted by Crippen LogP contribution is -2.55. The number of benzene rings is 1. The fourth-order valence-electron chi connectivity index (χ4n) is 2.23. The van der Waals surface area contributed by atoms with Crippen molar-refractivity contribution in [1.29, 1.82) is 0 Å². The van der Waals surface area contributed by atoms with Crippen LogP contribution < -0.4 is 0 Å². The Morgan fingerprint density at radius 3 is 2.45 bits per heavy atom. The number of carbonyl (C=O) groups is 1. The second-order valence-corrected chi connectivity index (χ2v) is 4.68. The summed E-state index contributed by atoms with van der Waals surface area (Å²) in [5.74, 6) is -1.13. The number of carboxylic acid groups (broad SMARTS) is 1. The first-order valence-electron chi connectivity index (χ1n) is 6.09. The van der Waals surface area contributed by atoms with Crippen molar-refractivity contribution < 1.29 is 35.1 Å². The molecule has 0 bridgehead atoms. The van der Waals surface area contributed by atoms with Crippen LogP contribution in [0.5, 0.6) is 0 Å². The van der Waals surface area contributed by atoms with E-state index in [-0.39, 0.29) is 5.56 Å². The molecule has 0 aliphatic carbocycles. The molecule has 5 N–H and O–H groups in total. The van der Waals surface area contributed by atoms with E-state index >= 15 is 0 Å². The Morgan fingerprint density at radius 1 is 1.15 bits per heavy atom. The average molecular weight is 284 g/mol. The van der Waals surface area contributed by atoms with Crippen LogP contribution in [0.3, 0.4) is 0 Å². The molecule has 1 aromatic rings. The Balaban J connectivity index is 2.31. The van der Waals surface area contributed by atoms with Gasteiger partial charge in [0.05, 0.1) is 12.2 Å². The number of aromatic carboxylic acids is 1. The first-order valence-corrected chi connectivity index (χ1v) is 6.09. The summed E-state index contributed by atoms with van der Waals surface area (Å²) in [6, 6.07) is 5.73. The Morgan fingerprint density at radius 2 is 1.85 bits per heavy atom. The van der Waals surface area contributed by atoms with Crippen LogP contribution in [0.1, 0.15) is 22.0 Å². The van der Waals surface area contributed by atoms with Gasteiger partial charge in [0.25, 0.3) is 0 Å². The van der Waals surface area contributed by atoms with Gasteiger partial charge in [0.15, 0.2) is 0 Å². The number of ether oxygens (including phenoxy) is 1. The quantitative estimate of drug-likeness (QED) is 0.476. The van der Waals surface area contributed by atoms with Crippen LogP contribution in [0.2, 0.25) is 0 Å². The van der Waals surface area contributed by atoms with Crippen LogP contribution in [0.25, 0.3) is 0 Å². The Labute approximate surface area is 114 Å². The third kappa shape index (κ3) is 2.67. The molecule has 20 heavy (non-hydrogen) atoms. The lowest BCUT2D eigenvalue weighted by Gasteiger charge is -2.40. The molecule has 0 unspecified atom stereocenters. The van der Waals surface area contributed by atoms with Crippen LogP contribution in [0.4, 0.5) is 0 Å². The maximum atomic E-state index is 10.9. The van der Waals surface area contributed by atoms with Crippen molar-refractivity contribution in [3.63, 3.8) is 0 Å². The fourth-order valence-corrected chi connectivity index (χ4v) is 2.23. The second-order valence-electron chi connectivity index (χ2n) is 4.68. The topological polar surface area (TPSA) is 127 Å². The number of carboxylic acids is 1. The van der Waals surface area contributed by atoms with E-state index in [2.05, 4.69) is 0 Å². The maximum Gasteiger partial charge on any atom is 0.335 e. The molecule has 2 rings (SSSR count). The van der Waals surface area contributed by atoms with Gasteiger partial charge in [-0.15, -0.1) is 0 Å². The molecule has 0 radical (unpaired) electrons. The summed E-state index contributed by atoms with van der Waals surface area (Å²) in [6.07, 6.45) is -6.39. The Bertz CT molecular complexity index is 487. The van der Waals surface area contributed by atoms with Crippen molar-refractivity contribution in [2.75, 3.05) is 6.61 Å². The van der Waals surface area contributed by atoms with Gasteiger partial charge in [-0.1, -0.05) is 12.1 Å². The van der Waals surface area contributed by atoms with E-state index in [9.17, 15) is 20.1 Å². The molecule has 1 heterocycles. The Kier molecular flexibility index (Phi) is 4.36. The smallest absolute Gasteiger partial charge is 0.335 e. The van der Waals surface area contributed by atoms with Crippen molar-refractivity contribution in [2.24, 2.45) is 0 Å². The average Bonchev–Trinajstić information content (AvgIpc) is 2.45. The normalized spacial score (nSPS) is 33.9. The molecule has 7 nitrogen and oxygen atoms in total. The minimum Gasteiger partial charge on any atom is -0.478 e. The second kappa shape index (κ2) is 5.86. The van der Waals surface area contributed by atoms with Crippen LogP contribution in [-0.4, -0.2) is 62.5 Å². The fraction of sp³-hybridized carbons (Fsp3) is 0.462. The van der Waals surface area contributed by atoms with Gasteiger partial charge in [-0.2, -0.15) is 0 Å². The molecule has 0 spiro atoms. The molecule has 1 fully saturated rings. The van der Waals surface area contributed by atoms with E-state index in [0.717, 1.165) is 0 Å². The summed E-state index contributed by atoms with van der Waals surface area (Å²) >= 11 is 0. The minimum atomic E-state index is -1.49. The summed E-state index contributed by atoms with van der Waals surface area (Å²) in [7, 11) is 0. The van der Waals surface area contributed by atoms with Crippen LogP contribution in [0.15, 0.2) is 24.3 Å². The van der Waals surface area contributed by atoms with Gasteiger partial charge < -0.3 is 30.3 Å². The number of aliphatic hydroxyl groups is 4. The van der Waals surface area contributed by atoms with Gasteiger partial charge in [-0.25, -0.2) is 4.79 Å². The number of rotatable bonds is 3. The van der Waals surface area contributed by atoms with Gasteiger partial charge in [-0.3, -0.25) is 0 Å². The molecule has 110 valence electrons. The lowest BCUT2D eigenvalue weighted by atomic mass is 9.91. The zero-order valence-electron chi connectivity index (χ0n) is 10.5. The van der Waals surface area contributed by atoms with Crippen LogP contribution in [0, 0.1) is 0 Å². The molecular weight excluding hydrogens is 268 g/mol. The predicted octanol–water partition coefficient (Wildman–Crippen LogP) is -1.10. The number of hydrogen-bond donors (Lipinski definition) is 5. The highest BCUT2D eigenvalue weighted by Gasteiger charge is 2.43. The summed E-state index contributed by atoms with van der Waals surface area (Å²) in [4.78, 5) is 10.9. The van der Waals surface area contributed by atoms with E-state index in [1.165, 1.54) is 18.2 Å². The third-order valence-corrected chi connectivity index (χ3v) is 3.35.